The SMILES string of the molecule is O[C@H]1CO[C@H]2C[C@@H]3OCC[C@@H]3[C@H]21. The van der Waals surface area contributed by atoms with Gasteiger partial charge in [0, 0.05) is 18.9 Å². The Kier molecular flexibility index (Phi) is 1.48. The van der Waals surface area contributed by atoms with Crippen LogP contribution in [0.25, 0.3) is 0 Å². The third-order valence-corrected chi connectivity index (χ3v) is 3.57. The lowest BCUT2D eigenvalue weighted by molar-refractivity contribution is 0.0413. The fourth-order valence-electron chi connectivity index (χ4n) is 3.06. The summed E-state index contributed by atoms with van der Waals surface area (Å²) < 4.78 is 11.1. The van der Waals surface area contributed by atoms with Crippen molar-refractivity contribution in [3.8, 4) is 0 Å². The van der Waals surface area contributed by atoms with Crippen molar-refractivity contribution in [3.63, 3.8) is 0 Å². The number of rotatable bonds is 0. The van der Waals surface area contributed by atoms with Gasteiger partial charge in [-0.15, -0.1) is 0 Å². The highest BCUT2D eigenvalue weighted by atomic mass is 16.5. The van der Waals surface area contributed by atoms with Gasteiger partial charge in [0.1, 0.15) is 0 Å². The van der Waals surface area contributed by atoms with Crippen LogP contribution in [0.1, 0.15) is 12.8 Å². The second-order valence-corrected chi connectivity index (χ2v) is 4.11. The van der Waals surface area contributed by atoms with Crippen LogP contribution in [0.2, 0.25) is 0 Å². The van der Waals surface area contributed by atoms with Crippen LogP contribution < -0.4 is 0 Å². The highest BCUT2D eigenvalue weighted by Gasteiger charge is 2.53. The summed E-state index contributed by atoms with van der Waals surface area (Å²) >= 11 is 0. The molecule has 2 saturated heterocycles. The summed E-state index contributed by atoms with van der Waals surface area (Å²) in [7, 11) is 0. The molecule has 0 aromatic rings. The number of aliphatic hydroxyl groups excluding tert-OH is 1. The molecule has 5 atom stereocenters. The first-order chi connectivity index (χ1) is 5.86. The van der Waals surface area contributed by atoms with Gasteiger partial charge in [0.2, 0.25) is 0 Å². The molecule has 0 aromatic carbocycles. The topological polar surface area (TPSA) is 38.7 Å². The first-order valence-corrected chi connectivity index (χ1v) is 4.77. The molecule has 0 radical (unpaired) electrons. The van der Waals surface area contributed by atoms with Gasteiger partial charge in [-0.1, -0.05) is 0 Å². The van der Waals surface area contributed by atoms with E-state index in [1.807, 2.05) is 0 Å². The molecule has 1 saturated carbocycles. The highest BCUT2D eigenvalue weighted by Crippen LogP contribution is 2.46. The minimum atomic E-state index is -0.230. The number of hydrogen-bond acceptors (Lipinski definition) is 3. The van der Waals surface area contributed by atoms with Gasteiger partial charge in [0.25, 0.3) is 0 Å². The van der Waals surface area contributed by atoms with Crippen LogP contribution in [-0.2, 0) is 9.47 Å². The van der Waals surface area contributed by atoms with Crippen LogP contribution in [0.15, 0.2) is 0 Å². The summed E-state index contributed by atoms with van der Waals surface area (Å²) in [5.41, 5.74) is 0. The molecule has 1 N–H and O–H groups in total. The van der Waals surface area contributed by atoms with E-state index in [0.717, 1.165) is 19.4 Å². The maximum absolute atomic E-state index is 9.67. The van der Waals surface area contributed by atoms with E-state index in [-0.39, 0.29) is 12.2 Å². The molecule has 2 heterocycles. The molecule has 0 amide bonds. The van der Waals surface area contributed by atoms with Crippen molar-refractivity contribution in [2.24, 2.45) is 11.8 Å². The van der Waals surface area contributed by atoms with Crippen molar-refractivity contribution < 1.29 is 14.6 Å². The van der Waals surface area contributed by atoms with Gasteiger partial charge in [-0.3, -0.25) is 0 Å². The van der Waals surface area contributed by atoms with Crippen molar-refractivity contribution in [2.45, 2.75) is 31.2 Å². The Morgan fingerprint density at radius 2 is 2.08 bits per heavy atom. The van der Waals surface area contributed by atoms with Gasteiger partial charge in [0.05, 0.1) is 24.9 Å². The molecular weight excluding hydrogens is 156 g/mol. The molecule has 3 heteroatoms. The van der Waals surface area contributed by atoms with Crippen LogP contribution in [0.3, 0.4) is 0 Å². The lowest BCUT2D eigenvalue weighted by Gasteiger charge is -2.17. The highest BCUT2D eigenvalue weighted by molar-refractivity contribution is 5.01. The third kappa shape index (κ3) is 0.817. The smallest absolute Gasteiger partial charge is 0.0830 e. The first-order valence-electron chi connectivity index (χ1n) is 4.77. The van der Waals surface area contributed by atoms with E-state index in [9.17, 15) is 5.11 Å². The molecule has 2 aliphatic heterocycles. The molecule has 0 aromatic heterocycles. The zero-order valence-corrected chi connectivity index (χ0v) is 6.98. The Hall–Kier alpha value is -0.120. The normalized spacial score (nSPS) is 57.2. The molecule has 0 bridgehead atoms. The van der Waals surface area contributed by atoms with Gasteiger partial charge in [-0.05, 0) is 12.3 Å². The molecule has 0 unspecified atom stereocenters. The average molecular weight is 170 g/mol. The second kappa shape index (κ2) is 2.44. The van der Waals surface area contributed by atoms with E-state index in [0.29, 0.717) is 24.5 Å². The Bertz CT molecular complexity index is 194. The van der Waals surface area contributed by atoms with Crippen molar-refractivity contribution in [2.75, 3.05) is 13.2 Å². The fourth-order valence-corrected chi connectivity index (χ4v) is 3.06. The molecule has 3 rings (SSSR count). The van der Waals surface area contributed by atoms with Gasteiger partial charge in [-0.25, -0.2) is 0 Å². The Labute approximate surface area is 71.7 Å². The summed E-state index contributed by atoms with van der Waals surface area (Å²) in [5.74, 6) is 0.949. The maximum atomic E-state index is 9.67. The third-order valence-electron chi connectivity index (χ3n) is 3.57. The Morgan fingerprint density at radius 1 is 1.17 bits per heavy atom. The summed E-state index contributed by atoms with van der Waals surface area (Å²) in [6.45, 7) is 1.42. The van der Waals surface area contributed by atoms with Crippen LogP contribution in [0, 0.1) is 11.8 Å². The van der Waals surface area contributed by atoms with E-state index >= 15 is 0 Å². The zero-order chi connectivity index (χ0) is 8.13. The van der Waals surface area contributed by atoms with Gasteiger partial charge in [-0.2, -0.15) is 0 Å². The second-order valence-electron chi connectivity index (χ2n) is 4.11. The molecule has 0 spiro atoms. The molecule has 12 heavy (non-hydrogen) atoms. The number of aliphatic hydroxyl groups is 1. The quantitative estimate of drug-likeness (QED) is 0.563. The van der Waals surface area contributed by atoms with Crippen molar-refractivity contribution in [1.29, 1.82) is 0 Å². The minimum Gasteiger partial charge on any atom is -0.390 e. The lowest BCUT2D eigenvalue weighted by Crippen LogP contribution is -2.26. The summed E-state index contributed by atoms with van der Waals surface area (Å²) in [4.78, 5) is 0. The Morgan fingerprint density at radius 3 is 3.00 bits per heavy atom. The summed E-state index contributed by atoms with van der Waals surface area (Å²) in [5, 5.41) is 9.67. The summed E-state index contributed by atoms with van der Waals surface area (Å²) in [6.07, 6.45) is 2.57. The summed E-state index contributed by atoms with van der Waals surface area (Å²) in [6, 6.07) is 0. The number of fused-ring (bicyclic) bond motifs is 3. The van der Waals surface area contributed by atoms with Crippen LogP contribution in [0.4, 0.5) is 0 Å². The fraction of sp³-hybridized carbons (Fsp3) is 1.00. The van der Waals surface area contributed by atoms with Gasteiger partial charge >= 0.3 is 0 Å². The van der Waals surface area contributed by atoms with E-state index in [1.165, 1.54) is 0 Å². The molecule has 1 aliphatic carbocycles. The van der Waals surface area contributed by atoms with Crippen molar-refractivity contribution in [1.82, 2.24) is 0 Å². The largest absolute Gasteiger partial charge is 0.390 e. The molecule has 68 valence electrons. The predicted octanol–water partition coefficient (Wildman–Crippen LogP) is 0.171. The van der Waals surface area contributed by atoms with E-state index in [1.54, 1.807) is 0 Å². The van der Waals surface area contributed by atoms with Gasteiger partial charge in [0.15, 0.2) is 0 Å². The Balaban J connectivity index is 1.85. The molecule has 3 fully saturated rings. The first kappa shape index (κ1) is 7.30. The van der Waals surface area contributed by atoms with Crippen LogP contribution in [-0.4, -0.2) is 36.6 Å². The zero-order valence-electron chi connectivity index (χ0n) is 6.98. The van der Waals surface area contributed by atoms with E-state index in [4.69, 9.17) is 9.47 Å². The van der Waals surface area contributed by atoms with E-state index in [2.05, 4.69) is 0 Å². The predicted molar refractivity (Wildman–Crippen MR) is 41.7 cm³/mol. The monoisotopic (exact) mass is 170 g/mol. The molecule has 3 nitrogen and oxygen atoms in total. The number of ether oxygens (including phenoxy) is 2. The van der Waals surface area contributed by atoms with Crippen molar-refractivity contribution >= 4 is 0 Å². The number of hydrogen-bond donors (Lipinski definition) is 1. The standard InChI is InChI=1S/C9H14O3/c10-6-4-12-8-3-7-5(9(6)8)1-2-11-7/h5-10H,1-4H2/t5-,6-,7-,8-,9-/m0/s1. The maximum Gasteiger partial charge on any atom is 0.0830 e. The molecule has 3 aliphatic rings. The van der Waals surface area contributed by atoms with Crippen LogP contribution >= 0.6 is 0 Å². The van der Waals surface area contributed by atoms with Crippen LogP contribution in [0.5, 0.6) is 0 Å². The van der Waals surface area contributed by atoms with Gasteiger partial charge < -0.3 is 14.6 Å². The molecular formula is C9H14O3. The lowest BCUT2D eigenvalue weighted by atomic mass is 9.89. The van der Waals surface area contributed by atoms with E-state index < -0.39 is 0 Å². The minimum absolute atomic E-state index is 0.230. The average Bonchev–Trinajstić information content (AvgIpc) is 2.61. The van der Waals surface area contributed by atoms with Crippen molar-refractivity contribution in [3.05, 3.63) is 0 Å².